The van der Waals surface area contributed by atoms with Crippen LogP contribution in [0.5, 0.6) is 0 Å². The van der Waals surface area contributed by atoms with Gasteiger partial charge in [0.2, 0.25) is 0 Å². The molecule has 2 rings (SSSR count). The van der Waals surface area contributed by atoms with Crippen LogP contribution in [0, 0.1) is 16.0 Å². The average Bonchev–Trinajstić information content (AvgIpc) is 2.46. The van der Waals surface area contributed by atoms with Crippen LogP contribution in [0.15, 0.2) is 18.2 Å². The Kier molecular flexibility index (Phi) is 5.34. The number of benzene rings is 1. The predicted molar refractivity (Wildman–Crippen MR) is 75.7 cm³/mol. The molecule has 0 aromatic heterocycles. The van der Waals surface area contributed by atoms with Gasteiger partial charge in [0.15, 0.2) is 0 Å². The lowest BCUT2D eigenvalue weighted by Crippen LogP contribution is -2.23. The van der Waals surface area contributed by atoms with E-state index in [2.05, 4.69) is 0 Å². The zero-order chi connectivity index (χ0) is 14.5. The van der Waals surface area contributed by atoms with E-state index in [9.17, 15) is 10.1 Å². The summed E-state index contributed by atoms with van der Waals surface area (Å²) >= 11 is 6.02. The van der Waals surface area contributed by atoms with Gasteiger partial charge in [-0.2, -0.15) is 0 Å². The van der Waals surface area contributed by atoms with E-state index in [1.54, 1.807) is 12.1 Å². The number of nitro benzene ring substituents is 1. The lowest BCUT2D eigenvalue weighted by molar-refractivity contribution is -0.386. The van der Waals surface area contributed by atoms with Crippen molar-refractivity contribution in [2.75, 3.05) is 6.61 Å². The molecule has 1 aliphatic rings. The Bertz CT molecular complexity index is 472. The van der Waals surface area contributed by atoms with Crippen molar-refractivity contribution in [2.45, 2.75) is 38.4 Å². The molecule has 1 aromatic rings. The molecule has 20 heavy (non-hydrogen) atoms. The fraction of sp³-hybridized carbons (Fsp3) is 0.571. The van der Waals surface area contributed by atoms with Crippen molar-refractivity contribution in [1.29, 1.82) is 0 Å². The van der Waals surface area contributed by atoms with Crippen molar-refractivity contribution in [3.63, 3.8) is 0 Å². The first-order chi connectivity index (χ1) is 9.61. The average molecular weight is 300 g/mol. The molecule has 0 heterocycles. The molecule has 110 valence electrons. The quantitative estimate of drug-likeness (QED) is 0.668. The molecule has 0 amide bonds. The molecule has 1 aliphatic carbocycles. The molecule has 5 nitrogen and oxygen atoms in total. The van der Waals surface area contributed by atoms with Gasteiger partial charge in [0.1, 0.15) is 0 Å². The molecule has 6 heteroatoms. The number of halogens is 1. The fourth-order valence-electron chi connectivity index (χ4n) is 2.54. The van der Waals surface area contributed by atoms with Gasteiger partial charge in [-0.3, -0.25) is 10.1 Å². The maximum Gasteiger partial charge on any atom is 0.276 e. The summed E-state index contributed by atoms with van der Waals surface area (Å²) in [5.41, 5.74) is 0.435. The summed E-state index contributed by atoms with van der Waals surface area (Å²) < 4.78 is 5.76. The smallest absolute Gasteiger partial charge is 0.276 e. The number of nitrogens with zero attached hydrogens (tertiary/aromatic N) is 1. The highest BCUT2D eigenvalue weighted by Gasteiger charge is 2.23. The molecular weight excluding hydrogens is 282 g/mol. The van der Waals surface area contributed by atoms with E-state index >= 15 is 0 Å². The van der Waals surface area contributed by atoms with Crippen LogP contribution in [-0.4, -0.2) is 22.7 Å². The maximum absolute atomic E-state index is 11.0. The Hall–Kier alpha value is -1.17. The molecule has 1 N–H and O–H groups in total. The highest BCUT2D eigenvalue weighted by Crippen LogP contribution is 2.30. The molecule has 0 atom stereocenters. The first kappa shape index (κ1) is 15.2. The van der Waals surface area contributed by atoms with Crippen LogP contribution < -0.4 is 0 Å². The van der Waals surface area contributed by atoms with Gasteiger partial charge in [-0.25, -0.2) is 0 Å². The summed E-state index contributed by atoms with van der Waals surface area (Å²) in [5, 5.41) is 20.4. The molecule has 1 fully saturated rings. The number of nitro groups is 1. The van der Waals surface area contributed by atoms with Crippen LogP contribution >= 0.6 is 11.6 Å². The molecule has 0 saturated heterocycles. The Morgan fingerprint density at radius 3 is 2.65 bits per heavy atom. The number of ether oxygens (including phenoxy) is 1. The molecule has 0 spiro atoms. The van der Waals surface area contributed by atoms with Crippen LogP contribution in [0.2, 0.25) is 5.02 Å². The summed E-state index contributed by atoms with van der Waals surface area (Å²) in [6.07, 6.45) is 3.72. The van der Waals surface area contributed by atoms with Crippen molar-refractivity contribution < 1.29 is 14.8 Å². The third-order valence-corrected chi connectivity index (χ3v) is 4.16. The lowest BCUT2D eigenvalue weighted by atomic mass is 9.88. The minimum absolute atomic E-state index is 0.00143. The van der Waals surface area contributed by atoms with Crippen molar-refractivity contribution in [1.82, 2.24) is 0 Å². The number of aliphatic hydroxyl groups is 1. The Labute approximate surface area is 122 Å². The monoisotopic (exact) mass is 299 g/mol. The molecule has 0 unspecified atom stereocenters. The molecule has 0 aliphatic heterocycles. The standard InChI is InChI=1S/C14H18ClNO4/c15-13-2-1-3-14(16(18)19)12(13)9-20-11-6-4-10(8-17)5-7-11/h1-3,10-11,17H,4-9H2. The minimum atomic E-state index is -0.437. The summed E-state index contributed by atoms with van der Waals surface area (Å²) in [7, 11) is 0. The van der Waals surface area contributed by atoms with Gasteiger partial charge >= 0.3 is 0 Å². The molecule has 0 radical (unpaired) electrons. The minimum Gasteiger partial charge on any atom is -0.396 e. The highest BCUT2D eigenvalue weighted by molar-refractivity contribution is 6.31. The summed E-state index contributed by atoms with van der Waals surface area (Å²) in [6, 6.07) is 4.64. The van der Waals surface area contributed by atoms with Gasteiger partial charge in [0, 0.05) is 12.7 Å². The molecule has 1 aromatic carbocycles. The number of hydrogen-bond donors (Lipinski definition) is 1. The van der Waals surface area contributed by atoms with Crippen molar-refractivity contribution >= 4 is 17.3 Å². The van der Waals surface area contributed by atoms with Crippen LogP contribution in [0.1, 0.15) is 31.2 Å². The van der Waals surface area contributed by atoms with Crippen LogP contribution in [0.25, 0.3) is 0 Å². The van der Waals surface area contributed by atoms with Gasteiger partial charge in [0.25, 0.3) is 5.69 Å². The van der Waals surface area contributed by atoms with Gasteiger partial charge in [-0.05, 0) is 37.7 Å². The van der Waals surface area contributed by atoms with E-state index in [1.165, 1.54) is 6.07 Å². The second-order valence-corrected chi connectivity index (χ2v) is 5.54. The fourth-order valence-corrected chi connectivity index (χ4v) is 2.77. The van der Waals surface area contributed by atoms with E-state index in [4.69, 9.17) is 21.4 Å². The molecule has 1 saturated carbocycles. The van der Waals surface area contributed by atoms with Crippen LogP contribution in [0.3, 0.4) is 0 Å². The Morgan fingerprint density at radius 2 is 2.05 bits per heavy atom. The topological polar surface area (TPSA) is 72.6 Å². The largest absolute Gasteiger partial charge is 0.396 e. The SMILES string of the molecule is O=[N+]([O-])c1cccc(Cl)c1COC1CCC(CO)CC1. The van der Waals surface area contributed by atoms with Crippen molar-refractivity contribution in [3.05, 3.63) is 38.9 Å². The normalized spacial score (nSPS) is 22.7. The van der Waals surface area contributed by atoms with E-state index in [0.717, 1.165) is 25.7 Å². The van der Waals surface area contributed by atoms with Gasteiger partial charge in [-0.1, -0.05) is 17.7 Å². The van der Waals surface area contributed by atoms with Gasteiger partial charge in [0.05, 0.1) is 28.2 Å². The summed E-state index contributed by atoms with van der Waals surface area (Å²) in [6.45, 7) is 0.382. The predicted octanol–water partition coefficient (Wildman–Crippen LogP) is 3.32. The maximum atomic E-state index is 11.0. The van der Waals surface area contributed by atoms with E-state index < -0.39 is 4.92 Å². The van der Waals surface area contributed by atoms with Gasteiger partial charge < -0.3 is 9.84 Å². The molecule has 0 bridgehead atoms. The van der Waals surface area contributed by atoms with Crippen LogP contribution in [-0.2, 0) is 11.3 Å². The summed E-state index contributed by atoms with van der Waals surface area (Å²) in [4.78, 5) is 10.5. The van der Waals surface area contributed by atoms with E-state index in [1.807, 2.05) is 0 Å². The second-order valence-electron chi connectivity index (χ2n) is 5.13. The molecular formula is C14H18ClNO4. The zero-order valence-corrected chi connectivity index (χ0v) is 11.9. The van der Waals surface area contributed by atoms with Gasteiger partial charge in [-0.15, -0.1) is 0 Å². The zero-order valence-electron chi connectivity index (χ0n) is 11.1. The Morgan fingerprint density at radius 1 is 1.35 bits per heavy atom. The third kappa shape index (κ3) is 3.69. The first-order valence-corrected chi connectivity index (χ1v) is 7.14. The number of rotatable bonds is 5. The number of hydrogen-bond acceptors (Lipinski definition) is 4. The number of aliphatic hydroxyl groups excluding tert-OH is 1. The lowest BCUT2D eigenvalue weighted by Gasteiger charge is -2.27. The first-order valence-electron chi connectivity index (χ1n) is 6.76. The van der Waals surface area contributed by atoms with E-state index in [0.29, 0.717) is 16.5 Å². The van der Waals surface area contributed by atoms with Crippen molar-refractivity contribution in [2.24, 2.45) is 5.92 Å². The van der Waals surface area contributed by atoms with Crippen molar-refractivity contribution in [3.8, 4) is 0 Å². The van der Waals surface area contributed by atoms with Crippen LogP contribution in [0.4, 0.5) is 5.69 Å². The second kappa shape index (κ2) is 7.02. The summed E-state index contributed by atoms with van der Waals surface area (Å²) in [5.74, 6) is 0.365. The van der Waals surface area contributed by atoms with E-state index in [-0.39, 0.29) is 25.0 Å². The Balaban J connectivity index is 1.96. The third-order valence-electron chi connectivity index (χ3n) is 3.81. The highest BCUT2D eigenvalue weighted by atomic mass is 35.5.